The Hall–Kier alpha value is -2.81. The zero-order valence-corrected chi connectivity index (χ0v) is 17.9. The van der Waals surface area contributed by atoms with Crippen molar-refractivity contribution in [2.45, 2.75) is 37.2 Å². The third-order valence-electron chi connectivity index (χ3n) is 6.82. The topological polar surface area (TPSA) is 73.3 Å². The normalized spacial score (nSPS) is 25.2. The number of likely N-dealkylation sites (tertiary alicyclic amines) is 1. The molecule has 1 spiro atoms. The molecule has 2 atom stereocenters. The number of hydrogen-bond acceptors (Lipinski definition) is 6. The fourth-order valence-corrected chi connectivity index (χ4v) is 5.27. The number of benzene rings is 2. The van der Waals surface area contributed by atoms with Crippen LogP contribution in [-0.2, 0) is 22.7 Å². The first kappa shape index (κ1) is 21.1. The largest absolute Gasteiger partial charge is 0.497 e. The van der Waals surface area contributed by atoms with Crippen LogP contribution in [0.15, 0.2) is 48.5 Å². The van der Waals surface area contributed by atoms with Crippen molar-refractivity contribution in [3.8, 4) is 5.75 Å². The number of aliphatic hydroxyl groups excluding tert-OH is 1. The third-order valence-corrected chi connectivity index (χ3v) is 6.82. The number of methoxy groups -OCH3 is 1. The second-order valence-electron chi connectivity index (χ2n) is 8.91. The molecule has 8 heteroatoms. The lowest BCUT2D eigenvalue weighted by atomic mass is 9.82. The third kappa shape index (κ3) is 3.39. The van der Waals surface area contributed by atoms with Crippen LogP contribution in [0.2, 0.25) is 0 Å². The Kier molecular flexibility index (Phi) is 5.23. The number of ether oxygens (including phenoxy) is 1. The molecule has 32 heavy (non-hydrogen) atoms. The molecule has 2 aromatic rings. The summed E-state index contributed by atoms with van der Waals surface area (Å²) in [6.07, 6.45) is -0.369. The molecular weight excluding hydrogens is 413 g/mol. The Labute approximate surface area is 186 Å². The van der Waals surface area contributed by atoms with Crippen LogP contribution in [0.1, 0.15) is 17.5 Å². The van der Waals surface area contributed by atoms with Crippen molar-refractivity contribution in [2.75, 3.05) is 26.7 Å². The highest BCUT2D eigenvalue weighted by Crippen LogP contribution is 2.41. The van der Waals surface area contributed by atoms with Crippen LogP contribution in [0.3, 0.4) is 0 Å². The minimum atomic E-state index is -0.875. The standard InChI is InChI=1S/C24H26FN3O4/c1-32-19-7-4-5-16(9-19)11-26-14-24(15-26)23(31)27(12-17-6-2-3-8-20(17)25)22(30)21-10-18(29)13-28(21)24/h2-9,18,21,29H,10-15H2,1H3. The van der Waals surface area contributed by atoms with Crippen LogP contribution in [0.25, 0.3) is 0 Å². The van der Waals surface area contributed by atoms with Gasteiger partial charge in [-0.05, 0) is 30.2 Å². The average Bonchev–Trinajstić information content (AvgIpc) is 3.16. The summed E-state index contributed by atoms with van der Waals surface area (Å²) in [6, 6.07) is 13.4. The average molecular weight is 439 g/mol. The van der Waals surface area contributed by atoms with E-state index in [0.29, 0.717) is 31.7 Å². The fraction of sp³-hybridized carbons (Fsp3) is 0.417. The maximum Gasteiger partial charge on any atom is 0.252 e. The number of hydrogen-bond donors (Lipinski definition) is 1. The van der Waals surface area contributed by atoms with Crippen molar-refractivity contribution < 1.29 is 23.8 Å². The van der Waals surface area contributed by atoms with E-state index in [1.165, 1.54) is 11.0 Å². The van der Waals surface area contributed by atoms with Gasteiger partial charge in [0.15, 0.2) is 0 Å². The van der Waals surface area contributed by atoms with Crippen LogP contribution < -0.4 is 4.74 Å². The lowest BCUT2D eigenvalue weighted by Gasteiger charge is -2.58. The zero-order valence-electron chi connectivity index (χ0n) is 17.9. The van der Waals surface area contributed by atoms with E-state index in [1.807, 2.05) is 29.2 Å². The van der Waals surface area contributed by atoms with E-state index in [2.05, 4.69) is 4.90 Å². The van der Waals surface area contributed by atoms with Crippen molar-refractivity contribution in [3.05, 3.63) is 65.5 Å². The molecule has 1 N–H and O–H groups in total. The number of carbonyl (C=O) groups excluding carboxylic acids is 2. The van der Waals surface area contributed by atoms with E-state index in [1.54, 1.807) is 25.3 Å². The summed E-state index contributed by atoms with van der Waals surface area (Å²) >= 11 is 0. The predicted octanol–water partition coefficient (Wildman–Crippen LogP) is 1.39. The van der Waals surface area contributed by atoms with E-state index in [4.69, 9.17) is 4.74 Å². The molecule has 0 aliphatic carbocycles. The summed E-state index contributed by atoms with van der Waals surface area (Å²) < 4.78 is 19.6. The van der Waals surface area contributed by atoms with Gasteiger partial charge >= 0.3 is 0 Å². The molecule has 0 saturated carbocycles. The lowest BCUT2D eigenvalue weighted by molar-refractivity contribution is -0.181. The molecule has 7 nitrogen and oxygen atoms in total. The molecule has 3 saturated heterocycles. The molecule has 3 fully saturated rings. The number of carbonyl (C=O) groups is 2. The molecule has 0 bridgehead atoms. The molecule has 0 radical (unpaired) electrons. The molecule has 2 aromatic carbocycles. The second kappa shape index (κ2) is 7.95. The Morgan fingerprint density at radius 2 is 1.91 bits per heavy atom. The summed E-state index contributed by atoms with van der Waals surface area (Å²) in [5.41, 5.74) is 0.504. The number of halogens is 1. The van der Waals surface area contributed by atoms with Crippen molar-refractivity contribution in [1.82, 2.24) is 14.7 Å². The first-order valence-electron chi connectivity index (χ1n) is 10.8. The minimum Gasteiger partial charge on any atom is -0.497 e. The van der Waals surface area contributed by atoms with Gasteiger partial charge in [0.2, 0.25) is 5.91 Å². The van der Waals surface area contributed by atoms with Gasteiger partial charge in [-0.2, -0.15) is 0 Å². The van der Waals surface area contributed by atoms with E-state index >= 15 is 0 Å². The predicted molar refractivity (Wildman–Crippen MR) is 114 cm³/mol. The van der Waals surface area contributed by atoms with E-state index < -0.39 is 23.5 Å². The Balaban J connectivity index is 1.39. The summed E-state index contributed by atoms with van der Waals surface area (Å²) in [6.45, 7) is 1.75. The number of rotatable bonds is 5. The molecule has 168 valence electrons. The van der Waals surface area contributed by atoms with Crippen LogP contribution in [-0.4, -0.2) is 76.0 Å². The molecule has 2 unspecified atom stereocenters. The van der Waals surface area contributed by atoms with Crippen molar-refractivity contribution in [2.24, 2.45) is 0 Å². The number of fused-ring (bicyclic) bond motifs is 2. The zero-order chi connectivity index (χ0) is 22.5. The number of imide groups is 1. The highest BCUT2D eigenvalue weighted by molar-refractivity contribution is 6.06. The van der Waals surface area contributed by atoms with Gasteiger partial charge in [0.25, 0.3) is 5.91 Å². The Morgan fingerprint density at radius 3 is 2.66 bits per heavy atom. The quantitative estimate of drug-likeness (QED) is 0.710. The maximum absolute atomic E-state index is 14.3. The molecule has 0 aromatic heterocycles. The van der Waals surface area contributed by atoms with Gasteiger partial charge in [-0.15, -0.1) is 0 Å². The van der Waals surface area contributed by atoms with Crippen LogP contribution >= 0.6 is 0 Å². The summed E-state index contributed by atoms with van der Waals surface area (Å²) in [5.74, 6) is -0.329. The molecule has 2 amide bonds. The molecule has 5 rings (SSSR count). The summed E-state index contributed by atoms with van der Waals surface area (Å²) in [5, 5.41) is 10.3. The fourth-order valence-electron chi connectivity index (χ4n) is 5.27. The molecule has 3 heterocycles. The number of piperazine rings is 1. The monoisotopic (exact) mass is 439 g/mol. The number of amides is 2. The minimum absolute atomic E-state index is 0.0948. The van der Waals surface area contributed by atoms with Gasteiger partial charge in [0.05, 0.1) is 25.8 Å². The van der Waals surface area contributed by atoms with Crippen molar-refractivity contribution in [1.29, 1.82) is 0 Å². The van der Waals surface area contributed by atoms with E-state index in [-0.39, 0.29) is 24.8 Å². The highest BCUT2D eigenvalue weighted by Gasteiger charge is 2.64. The number of nitrogens with zero attached hydrogens (tertiary/aromatic N) is 3. The second-order valence-corrected chi connectivity index (χ2v) is 8.91. The SMILES string of the molecule is COc1cccc(CN2CC3(C2)C(=O)N(Cc2ccccc2F)C(=O)C2CC(O)CN23)c1. The van der Waals surface area contributed by atoms with Crippen LogP contribution in [0, 0.1) is 5.82 Å². The van der Waals surface area contributed by atoms with Gasteiger partial charge in [-0.25, -0.2) is 4.39 Å². The summed E-state index contributed by atoms with van der Waals surface area (Å²) in [4.78, 5) is 32.0. The first-order chi connectivity index (χ1) is 15.4. The van der Waals surface area contributed by atoms with Crippen LogP contribution in [0.4, 0.5) is 4.39 Å². The smallest absolute Gasteiger partial charge is 0.252 e. The van der Waals surface area contributed by atoms with Gasteiger partial charge < -0.3 is 9.84 Å². The molecule has 3 aliphatic heterocycles. The van der Waals surface area contributed by atoms with Gasteiger partial charge in [-0.1, -0.05) is 30.3 Å². The van der Waals surface area contributed by atoms with Crippen molar-refractivity contribution >= 4 is 11.8 Å². The summed E-state index contributed by atoms with van der Waals surface area (Å²) in [7, 11) is 1.62. The van der Waals surface area contributed by atoms with Gasteiger partial charge in [-0.3, -0.25) is 24.3 Å². The van der Waals surface area contributed by atoms with Gasteiger partial charge in [0.1, 0.15) is 17.1 Å². The van der Waals surface area contributed by atoms with Crippen LogP contribution in [0.5, 0.6) is 5.75 Å². The van der Waals surface area contributed by atoms with Gasteiger partial charge in [0, 0.05) is 31.7 Å². The first-order valence-corrected chi connectivity index (χ1v) is 10.8. The maximum atomic E-state index is 14.3. The lowest BCUT2D eigenvalue weighted by Crippen LogP contribution is -2.81. The highest BCUT2D eigenvalue weighted by atomic mass is 19.1. The molecule has 3 aliphatic rings. The molecular formula is C24H26FN3O4. The van der Waals surface area contributed by atoms with E-state index in [0.717, 1.165) is 11.3 Å². The Bertz CT molecular complexity index is 1060. The Morgan fingerprint density at radius 1 is 1.12 bits per heavy atom. The number of β-amino-alcohol motifs (C(OH)–C–C–N with tert-alkyl or cyclic N) is 1. The van der Waals surface area contributed by atoms with Crippen molar-refractivity contribution in [3.63, 3.8) is 0 Å². The number of aliphatic hydroxyl groups is 1. The van der Waals surface area contributed by atoms with E-state index in [9.17, 15) is 19.1 Å².